The van der Waals surface area contributed by atoms with Crippen LogP contribution in [0.2, 0.25) is 0 Å². The summed E-state index contributed by atoms with van der Waals surface area (Å²) >= 11 is 0. The Kier molecular flexibility index (Phi) is 4.88. The van der Waals surface area contributed by atoms with Gasteiger partial charge in [0.05, 0.1) is 4.90 Å². The Bertz CT molecular complexity index is 545. The van der Waals surface area contributed by atoms with Crippen LogP contribution in [-0.2, 0) is 23.6 Å². The van der Waals surface area contributed by atoms with Crippen molar-refractivity contribution in [1.82, 2.24) is 14.6 Å². The first kappa shape index (κ1) is 15.5. The van der Waals surface area contributed by atoms with Crippen LogP contribution < -0.4 is 10.0 Å². The van der Waals surface area contributed by atoms with Crippen LogP contribution in [0, 0.1) is 5.92 Å². The van der Waals surface area contributed by atoms with Crippen LogP contribution in [0.1, 0.15) is 38.3 Å². The van der Waals surface area contributed by atoms with Crippen molar-refractivity contribution in [3.8, 4) is 0 Å². The molecule has 1 saturated carbocycles. The zero-order valence-corrected chi connectivity index (χ0v) is 13.3. The fourth-order valence-corrected chi connectivity index (χ4v) is 4.35. The predicted octanol–water partition coefficient (Wildman–Crippen LogP) is 1.60. The predicted molar refractivity (Wildman–Crippen MR) is 79.9 cm³/mol. The van der Waals surface area contributed by atoms with Gasteiger partial charge in [-0.3, -0.25) is 0 Å². The maximum absolute atomic E-state index is 12.4. The van der Waals surface area contributed by atoms with Crippen molar-refractivity contribution in [2.75, 3.05) is 7.05 Å². The Labute approximate surface area is 121 Å². The highest BCUT2D eigenvalue weighted by Gasteiger charge is 2.26. The van der Waals surface area contributed by atoms with Crippen molar-refractivity contribution in [2.45, 2.75) is 50.1 Å². The Morgan fingerprint density at radius 2 is 2.05 bits per heavy atom. The summed E-state index contributed by atoms with van der Waals surface area (Å²) in [4.78, 5) is 0.357. The van der Waals surface area contributed by atoms with Crippen LogP contribution in [0.25, 0.3) is 0 Å². The van der Waals surface area contributed by atoms with Gasteiger partial charge in [-0.2, -0.15) is 0 Å². The topological polar surface area (TPSA) is 63.1 Å². The first-order valence-electron chi connectivity index (χ1n) is 7.26. The lowest BCUT2D eigenvalue weighted by Gasteiger charge is -2.19. The van der Waals surface area contributed by atoms with Gasteiger partial charge in [-0.05, 0) is 38.8 Å². The number of nitrogens with one attached hydrogen (secondary N) is 2. The zero-order chi connectivity index (χ0) is 14.8. The number of aryl methyl sites for hydroxylation is 1. The lowest BCUT2D eigenvalue weighted by molar-refractivity contribution is 0.424. The monoisotopic (exact) mass is 299 g/mol. The number of sulfonamides is 1. The van der Waals surface area contributed by atoms with Gasteiger partial charge in [0.2, 0.25) is 10.0 Å². The first-order valence-corrected chi connectivity index (χ1v) is 8.74. The Balaban J connectivity index is 2.11. The number of hydrogen-bond acceptors (Lipinski definition) is 3. The summed E-state index contributed by atoms with van der Waals surface area (Å²) in [5.74, 6) is 0.477. The molecule has 2 N–H and O–H groups in total. The van der Waals surface area contributed by atoms with Crippen molar-refractivity contribution in [1.29, 1.82) is 0 Å². The van der Waals surface area contributed by atoms with Crippen LogP contribution in [0.4, 0.5) is 0 Å². The van der Waals surface area contributed by atoms with E-state index in [4.69, 9.17) is 0 Å². The van der Waals surface area contributed by atoms with Gasteiger partial charge in [0.1, 0.15) is 0 Å². The molecule has 0 spiro atoms. The molecule has 1 heterocycles. The molecular weight excluding hydrogens is 274 g/mol. The molecule has 1 fully saturated rings. The van der Waals surface area contributed by atoms with Crippen molar-refractivity contribution >= 4 is 10.0 Å². The summed E-state index contributed by atoms with van der Waals surface area (Å²) in [5, 5.41) is 3.04. The molecular formula is C14H25N3O2S. The van der Waals surface area contributed by atoms with Crippen molar-refractivity contribution in [3.63, 3.8) is 0 Å². The van der Waals surface area contributed by atoms with Crippen molar-refractivity contribution in [2.24, 2.45) is 13.0 Å². The molecule has 1 aliphatic carbocycles. The van der Waals surface area contributed by atoms with Gasteiger partial charge < -0.3 is 9.88 Å². The standard InChI is InChI=1S/C14H25N3O2S/c1-11(12-6-4-5-7-12)16-20(18,19)14-8-13(9-15-2)17(3)10-14/h8,10-12,15-16H,4-7,9H2,1-3H3. The molecule has 1 unspecified atom stereocenters. The van der Waals surface area contributed by atoms with E-state index in [1.165, 1.54) is 12.8 Å². The Morgan fingerprint density at radius 3 is 2.65 bits per heavy atom. The lowest BCUT2D eigenvalue weighted by Crippen LogP contribution is -2.37. The smallest absolute Gasteiger partial charge is 0.242 e. The quantitative estimate of drug-likeness (QED) is 0.838. The summed E-state index contributed by atoms with van der Waals surface area (Å²) < 4.78 is 29.5. The highest BCUT2D eigenvalue weighted by Crippen LogP contribution is 2.28. The summed E-state index contributed by atoms with van der Waals surface area (Å²) in [6.07, 6.45) is 6.37. The van der Waals surface area contributed by atoms with E-state index >= 15 is 0 Å². The third kappa shape index (κ3) is 3.42. The Morgan fingerprint density at radius 1 is 1.40 bits per heavy atom. The van der Waals surface area contributed by atoms with Crippen molar-refractivity contribution < 1.29 is 8.42 Å². The molecule has 20 heavy (non-hydrogen) atoms. The maximum atomic E-state index is 12.4. The third-order valence-electron chi connectivity index (χ3n) is 4.20. The molecule has 2 rings (SSSR count). The van der Waals surface area contributed by atoms with Crippen LogP contribution >= 0.6 is 0 Å². The van der Waals surface area contributed by atoms with Crippen LogP contribution in [0.15, 0.2) is 17.2 Å². The van der Waals surface area contributed by atoms with E-state index in [1.54, 1.807) is 12.3 Å². The number of rotatable bonds is 6. The number of hydrogen-bond donors (Lipinski definition) is 2. The van der Waals surface area contributed by atoms with Gasteiger partial charge >= 0.3 is 0 Å². The number of nitrogens with zero attached hydrogens (tertiary/aromatic N) is 1. The molecule has 114 valence electrons. The van der Waals surface area contributed by atoms with Crippen LogP contribution in [-0.4, -0.2) is 26.1 Å². The molecule has 0 aromatic carbocycles. The fourth-order valence-electron chi connectivity index (χ4n) is 2.95. The molecule has 1 aromatic heterocycles. The normalized spacial score (nSPS) is 18.6. The van der Waals surface area contributed by atoms with E-state index in [-0.39, 0.29) is 6.04 Å². The van der Waals surface area contributed by atoms with Gasteiger partial charge in [-0.25, -0.2) is 13.1 Å². The average Bonchev–Trinajstić information content (AvgIpc) is 3.00. The van der Waals surface area contributed by atoms with E-state index in [1.807, 2.05) is 25.6 Å². The van der Waals surface area contributed by atoms with E-state index in [9.17, 15) is 8.42 Å². The van der Waals surface area contributed by atoms with Crippen LogP contribution in [0.5, 0.6) is 0 Å². The largest absolute Gasteiger partial charge is 0.352 e. The van der Waals surface area contributed by atoms with E-state index in [0.29, 0.717) is 17.4 Å². The maximum Gasteiger partial charge on any atom is 0.242 e. The number of aromatic nitrogens is 1. The first-order chi connectivity index (χ1) is 9.44. The van der Waals surface area contributed by atoms with E-state index < -0.39 is 10.0 Å². The van der Waals surface area contributed by atoms with Crippen molar-refractivity contribution in [3.05, 3.63) is 18.0 Å². The van der Waals surface area contributed by atoms with E-state index in [0.717, 1.165) is 18.5 Å². The minimum Gasteiger partial charge on any atom is -0.352 e. The summed E-state index contributed by atoms with van der Waals surface area (Å²) in [7, 11) is 0.300. The average molecular weight is 299 g/mol. The van der Waals surface area contributed by atoms with Crippen LogP contribution in [0.3, 0.4) is 0 Å². The third-order valence-corrected chi connectivity index (χ3v) is 5.72. The summed E-state index contributed by atoms with van der Waals surface area (Å²) in [6.45, 7) is 2.63. The molecule has 1 aliphatic rings. The summed E-state index contributed by atoms with van der Waals surface area (Å²) in [6, 6.07) is 1.75. The molecule has 1 aromatic rings. The lowest BCUT2D eigenvalue weighted by atomic mass is 10.0. The second kappa shape index (κ2) is 6.28. The Hall–Kier alpha value is -0.850. The highest BCUT2D eigenvalue weighted by atomic mass is 32.2. The minimum atomic E-state index is -3.42. The fraction of sp³-hybridized carbons (Fsp3) is 0.714. The van der Waals surface area contributed by atoms with Gasteiger partial charge in [-0.15, -0.1) is 0 Å². The minimum absolute atomic E-state index is 0.00968. The van der Waals surface area contributed by atoms with E-state index in [2.05, 4.69) is 10.0 Å². The zero-order valence-electron chi connectivity index (χ0n) is 12.5. The molecule has 0 saturated heterocycles. The SMILES string of the molecule is CNCc1cc(S(=O)(=O)NC(C)C2CCCC2)cn1C. The highest BCUT2D eigenvalue weighted by molar-refractivity contribution is 7.89. The summed E-state index contributed by atoms with van der Waals surface area (Å²) in [5.41, 5.74) is 0.960. The second-order valence-corrected chi connectivity index (χ2v) is 7.48. The molecule has 0 aliphatic heterocycles. The molecule has 0 amide bonds. The molecule has 6 heteroatoms. The molecule has 0 radical (unpaired) electrons. The van der Waals surface area contributed by atoms with Gasteiger partial charge in [0.15, 0.2) is 0 Å². The molecule has 0 bridgehead atoms. The molecule has 5 nitrogen and oxygen atoms in total. The van der Waals surface area contributed by atoms with Gasteiger partial charge in [0.25, 0.3) is 0 Å². The van der Waals surface area contributed by atoms with Gasteiger partial charge in [0, 0.05) is 31.5 Å². The second-order valence-electron chi connectivity index (χ2n) is 5.76. The molecule has 1 atom stereocenters. The van der Waals surface area contributed by atoms with Gasteiger partial charge in [-0.1, -0.05) is 12.8 Å².